The first-order chi connectivity index (χ1) is 13.7. The number of nitrogens with one attached hydrogen (secondary N) is 1. The molecule has 0 spiro atoms. The first kappa shape index (κ1) is 20.4. The monoisotopic (exact) mass is 420 g/mol. The minimum absolute atomic E-state index is 0.0317. The molecule has 29 heavy (non-hydrogen) atoms. The van der Waals surface area contributed by atoms with Crippen molar-refractivity contribution in [2.24, 2.45) is 0 Å². The summed E-state index contributed by atoms with van der Waals surface area (Å²) >= 11 is 0.528. The molecule has 2 N–H and O–H groups in total. The molecule has 1 aromatic heterocycles. The van der Waals surface area contributed by atoms with Gasteiger partial charge in [-0.15, -0.1) is 0 Å². The molecule has 148 valence electrons. The number of benzene rings is 2. The zero-order valence-corrected chi connectivity index (χ0v) is 15.4. The molecule has 0 aliphatic carbocycles. The number of amides is 1. The molecule has 0 aliphatic rings. The summed E-state index contributed by atoms with van der Waals surface area (Å²) in [6.07, 6.45) is -4.82. The van der Waals surface area contributed by atoms with E-state index >= 15 is 0 Å². The summed E-state index contributed by atoms with van der Waals surface area (Å²) in [6.45, 7) is -0.0666. The van der Waals surface area contributed by atoms with Crippen molar-refractivity contribution in [1.29, 1.82) is 0 Å². The van der Waals surface area contributed by atoms with Crippen LogP contribution >= 0.6 is 11.3 Å². The van der Waals surface area contributed by atoms with Gasteiger partial charge in [-0.1, -0.05) is 29.4 Å². The van der Waals surface area contributed by atoms with E-state index in [0.29, 0.717) is 22.5 Å². The predicted molar refractivity (Wildman–Crippen MR) is 98.8 cm³/mol. The summed E-state index contributed by atoms with van der Waals surface area (Å²) in [5.74, 6) is 3.76. The van der Waals surface area contributed by atoms with Gasteiger partial charge in [0.25, 0.3) is 5.91 Å². The van der Waals surface area contributed by atoms with Gasteiger partial charge in [0.05, 0.1) is 0 Å². The third-order valence-corrected chi connectivity index (χ3v) is 4.62. The second-order valence-corrected chi connectivity index (χ2v) is 6.80. The zero-order valence-electron chi connectivity index (χ0n) is 14.5. The van der Waals surface area contributed by atoms with Crippen molar-refractivity contribution in [3.05, 3.63) is 81.1 Å². The molecule has 0 radical (unpaired) electrons. The van der Waals surface area contributed by atoms with Gasteiger partial charge in [-0.25, -0.2) is 9.37 Å². The molecular formula is C20H12F4N2O2S. The summed E-state index contributed by atoms with van der Waals surface area (Å²) in [5, 5.41) is 11.4. The van der Waals surface area contributed by atoms with Crippen molar-refractivity contribution < 1.29 is 27.5 Å². The molecule has 0 fully saturated rings. The number of carbonyl (C=O) groups excluding carboxylic acids is 1. The number of phenolic OH excluding ortho intramolecular Hbond substituents is 1. The predicted octanol–water partition coefficient (Wildman–Crippen LogP) is 4.34. The van der Waals surface area contributed by atoms with E-state index in [4.69, 9.17) is 0 Å². The number of thiazole rings is 1. The number of phenols is 1. The van der Waals surface area contributed by atoms with Crippen LogP contribution in [-0.4, -0.2) is 16.0 Å². The zero-order chi connectivity index (χ0) is 21.0. The first-order valence-electron chi connectivity index (χ1n) is 8.14. The maximum absolute atomic E-state index is 13.3. The molecule has 3 aromatic rings. The number of nitrogens with zero attached hydrogens (tertiary/aromatic N) is 1. The van der Waals surface area contributed by atoms with Gasteiger partial charge in [-0.2, -0.15) is 13.2 Å². The van der Waals surface area contributed by atoms with Gasteiger partial charge in [0.2, 0.25) is 0 Å². The fraction of sp³-hybridized carbons (Fsp3) is 0.100. The van der Waals surface area contributed by atoms with Crippen molar-refractivity contribution in [2.45, 2.75) is 12.7 Å². The van der Waals surface area contributed by atoms with E-state index in [9.17, 15) is 27.5 Å². The van der Waals surface area contributed by atoms with Crippen molar-refractivity contribution in [3.63, 3.8) is 0 Å². The fourth-order valence-corrected chi connectivity index (χ4v) is 3.11. The number of aromatic nitrogens is 1. The standard InChI is InChI=1S/C20H12F4N2O2S/c21-14-6-1-13(2-7-14)11-25-19(28)17-18(20(22,23)24)26-16(29-17)10-5-12-3-8-15(27)9-4-12/h1-4,6-9,27H,11H2,(H,25,28). The fourth-order valence-electron chi connectivity index (χ4n) is 2.25. The molecule has 4 nitrogen and oxygen atoms in total. The molecule has 0 saturated heterocycles. The number of rotatable bonds is 3. The highest BCUT2D eigenvalue weighted by Gasteiger charge is 2.39. The van der Waals surface area contributed by atoms with E-state index in [1.807, 2.05) is 0 Å². The Bertz CT molecular complexity index is 1080. The molecule has 3 rings (SSSR count). The Morgan fingerprint density at radius 2 is 1.72 bits per heavy atom. The smallest absolute Gasteiger partial charge is 0.435 e. The topological polar surface area (TPSA) is 62.2 Å². The quantitative estimate of drug-likeness (QED) is 0.490. The number of hydrogen-bond donors (Lipinski definition) is 2. The highest BCUT2D eigenvalue weighted by Crippen LogP contribution is 2.34. The van der Waals surface area contributed by atoms with Crippen LogP contribution in [0.1, 0.15) is 31.5 Å². The lowest BCUT2D eigenvalue weighted by Gasteiger charge is -2.07. The molecule has 2 aromatic carbocycles. The van der Waals surface area contributed by atoms with Crippen LogP contribution in [0.2, 0.25) is 0 Å². The van der Waals surface area contributed by atoms with Crippen LogP contribution in [0.3, 0.4) is 0 Å². The highest BCUT2D eigenvalue weighted by molar-refractivity contribution is 7.14. The van der Waals surface area contributed by atoms with E-state index in [1.54, 1.807) is 0 Å². The normalized spacial score (nSPS) is 10.9. The van der Waals surface area contributed by atoms with Crippen molar-refractivity contribution >= 4 is 17.2 Å². The van der Waals surface area contributed by atoms with Gasteiger partial charge in [0.1, 0.15) is 16.4 Å². The first-order valence-corrected chi connectivity index (χ1v) is 8.96. The molecule has 0 aliphatic heterocycles. The molecule has 9 heteroatoms. The van der Waals surface area contributed by atoms with Crippen LogP contribution in [0, 0.1) is 17.7 Å². The molecule has 0 bridgehead atoms. The largest absolute Gasteiger partial charge is 0.508 e. The third kappa shape index (κ3) is 5.33. The van der Waals surface area contributed by atoms with Gasteiger partial charge in [0, 0.05) is 12.1 Å². The molecule has 1 amide bonds. The van der Waals surface area contributed by atoms with E-state index in [1.165, 1.54) is 48.5 Å². The summed E-state index contributed by atoms with van der Waals surface area (Å²) in [5.41, 5.74) is -0.312. The molecule has 0 atom stereocenters. The SMILES string of the molecule is O=C(NCc1ccc(F)cc1)c1sc(C#Cc2ccc(O)cc2)nc1C(F)(F)F. The Kier molecular flexibility index (Phi) is 5.84. The Morgan fingerprint density at radius 1 is 1.07 bits per heavy atom. The molecule has 0 saturated carbocycles. The minimum Gasteiger partial charge on any atom is -0.508 e. The second kappa shape index (κ2) is 8.32. The Hall–Kier alpha value is -3.38. The van der Waals surface area contributed by atoms with Gasteiger partial charge in [0.15, 0.2) is 10.7 Å². The Labute approximate surface area is 166 Å². The summed E-state index contributed by atoms with van der Waals surface area (Å²) in [7, 11) is 0. The van der Waals surface area contributed by atoms with E-state index < -0.39 is 28.5 Å². The summed E-state index contributed by atoms with van der Waals surface area (Å²) < 4.78 is 52.8. The molecular weight excluding hydrogens is 408 g/mol. The van der Waals surface area contributed by atoms with Gasteiger partial charge >= 0.3 is 6.18 Å². The van der Waals surface area contributed by atoms with Crippen molar-refractivity contribution in [2.75, 3.05) is 0 Å². The number of carbonyl (C=O) groups is 1. The Balaban J connectivity index is 1.82. The van der Waals surface area contributed by atoms with E-state index in [0.717, 1.165) is 0 Å². The van der Waals surface area contributed by atoms with Crippen LogP contribution < -0.4 is 5.32 Å². The van der Waals surface area contributed by atoms with Crippen LogP contribution in [0.25, 0.3) is 0 Å². The summed E-state index contributed by atoms with van der Waals surface area (Å²) in [6, 6.07) is 11.0. The minimum atomic E-state index is -4.82. The van der Waals surface area contributed by atoms with Crippen LogP contribution in [-0.2, 0) is 12.7 Å². The van der Waals surface area contributed by atoms with Crippen molar-refractivity contribution in [3.8, 4) is 17.6 Å². The molecule has 1 heterocycles. The number of alkyl halides is 3. The second-order valence-electron chi connectivity index (χ2n) is 5.80. The number of hydrogen-bond acceptors (Lipinski definition) is 4. The van der Waals surface area contributed by atoms with Crippen LogP contribution in [0.4, 0.5) is 17.6 Å². The average molecular weight is 420 g/mol. The van der Waals surface area contributed by atoms with Crippen molar-refractivity contribution in [1.82, 2.24) is 10.3 Å². The third-order valence-electron chi connectivity index (χ3n) is 3.65. The van der Waals surface area contributed by atoms with Gasteiger partial charge in [-0.05, 0) is 47.9 Å². The van der Waals surface area contributed by atoms with E-state index in [2.05, 4.69) is 22.1 Å². The lowest BCUT2D eigenvalue weighted by molar-refractivity contribution is -0.141. The van der Waals surface area contributed by atoms with Gasteiger partial charge in [-0.3, -0.25) is 4.79 Å². The lowest BCUT2D eigenvalue weighted by atomic mass is 10.2. The van der Waals surface area contributed by atoms with Crippen LogP contribution in [0.5, 0.6) is 5.75 Å². The van der Waals surface area contributed by atoms with Gasteiger partial charge < -0.3 is 10.4 Å². The van der Waals surface area contributed by atoms with E-state index in [-0.39, 0.29) is 17.3 Å². The number of halogens is 4. The van der Waals surface area contributed by atoms with Crippen LogP contribution in [0.15, 0.2) is 48.5 Å². The maximum Gasteiger partial charge on any atom is 0.435 e. The number of aromatic hydroxyl groups is 1. The average Bonchev–Trinajstić information content (AvgIpc) is 3.12. The molecule has 0 unspecified atom stereocenters. The lowest BCUT2D eigenvalue weighted by Crippen LogP contribution is -2.24. The maximum atomic E-state index is 13.3. The highest BCUT2D eigenvalue weighted by atomic mass is 32.1. The summed E-state index contributed by atoms with van der Waals surface area (Å²) in [4.78, 5) is 15.1. The Morgan fingerprint density at radius 3 is 2.34 bits per heavy atom.